The van der Waals surface area contributed by atoms with Crippen molar-refractivity contribution < 1.29 is 40.4 Å². The highest BCUT2D eigenvalue weighted by Crippen LogP contribution is 2.45. The summed E-state index contributed by atoms with van der Waals surface area (Å²) in [6, 6.07) is 21.0. The largest absolute Gasteiger partial charge is 0.741 e. The van der Waals surface area contributed by atoms with Gasteiger partial charge in [-0.3, -0.25) is 0 Å². The van der Waals surface area contributed by atoms with Gasteiger partial charge in [0.15, 0.2) is 25.7 Å². The van der Waals surface area contributed by atoms with Gasteiger partial charge < -0.3 is 18.8 Å². The predicted octanol–water partition coefficient (Wildman–Crippen LogP) is 4.76. The molecule has 34 heavy (non-hydrogen) atoms. The molecule has 0 spiro atoms. The van der Waals surface area contributed by atoms with Crippen molar-refractivity contribution in [1.82, 2.24) is 0 Å². The lowest BCUT2D eigenvalue weighted by Gasteiger charge is -2.21. The molecule has 0 N–H and O–H groups in total. The van der Waals surface area contributed by atoms with Gasteiger partial charge in [-0.25, -0.2) is 8.42 Å². The SMILES string of the molecule is COc1ccc2c(c1)Cc1cc(OC)ccc1[S+]2c1ccccc1OC.O=S(=O)([O-])C(F)(F)F. The Kier molecular flexibility index (Phi) is 7.69. The van der Waals surface area contributed by atoms with Gasteiger partial charge in [-0.1, -0.05) is 12.1 Å². The Balaban J connectivity index is 0.000000350. The lowest BCUT2D eigenvalue weighted by atomic mass is 10.0. The molecule has 0 aliphatic carbocycles. The number of hydrogen-bond donors (Lipinski definition) is 0. The van der Waals surface area contributed by atoms with Crippen molar-refractivity contribution in [3.8, 4) is 17.2 Å². The first-order valence-corrected chi connectivity index (χ1v) is 12.4. The highest BCUT2D eigenvalue weighted by Gasteiger charge is 2.40. The van der Waals surface area contributed by atoms with Crippen LogP contribution in [0.4, 0.5) is 13.2 Å². The number of hydrogen-bond acceptors (Lipinski definition) is 6. The molecule has 1 heterocycles. The molecule has 0 aromatic heterocycles. The van der Waals surface area contributed by atoms with Gasteiger partial charge >= 0.3 is 5.51 Å². The zero-order chi connectivity index (χ0) is 25.1. The molecule has 0 saturated heterocycles. The Morgan fingerprint density at radius 1 is 0.794 bits per heavy atom. The second kappa shape index (κ2) is 10.2. The molecule has 182 valence electrons. The summed E-state index contributed by atoms with van der Waals surface area (Å²) < 4.78 is 75.5. The first-order chi connectivity index (χ1) is 16.0. The predicted molar refractivity (Wildman–Crippen MR) is 120 cm³/mol. The van der Waals surface area contributed by atoms with Crippen LogP contribution in [-0.2, 0) is 27.4 Å². The van der Waals surface area contributed by atoms with Gasteiger partial charge in [0.2, 0.25) is 4.90 Å². The molecule has 0 fully saturated rings. The van der Waals surface area contributed by atoms with Crippen LogP contribution in [0.5, 0.6) is 17.2 Å². The van der Waals surface area contributed by atoms with Gasteiger partial charge in [-0.05, 0) is 48.5 Å². The van der Waals surface area contributed by atoms with Crippen LogP contribution in [0.15, 0.2) is 75.4 Å². The van der Waals surface area contributed by atoms with Crippen LogP contribution in [0.3, 0.4) is 0 Å². The molecule has 11 heteroatoms. The average molecular weight is 515 g/mol. The van der Waals surface area contributed by atoms with E-state index in [1.165, 1.54) is 25.8 Å². The molecule has 1 aliphatic rings. The first kappa shape index (κ1) is 25.7. The van der Waals surface area contributed by atoms with Gasteiger partial charge in [-0.15, -0.1) is 0 Å². The summed E-state index contributed by atoms with van der Waals surface area (Å²) in [5.41, 5.74) is -3.06. The number of halogens is 3. The van der Waals surface area contributed by atoms with E-state index in [1.54, 1.807) is 21.3 Å². The van der Waals surface area contributed by atoms with Gasteiger partial charge in [0, 0.05) is 17.5 Å². The van der Waals surface area contributed by atoms with Gasteiger partial charge in [0.05, 0.1) is 21.3 Å². The molecule has 0 amide bonds. The lowest BCUT2D eigenvalue weighted by Crippen LogP contribution is -2.21. The molecule has 0 radical (unpaired) electrons. The maximum absolute atomic E-state index is 10.7. The van der Waals surface area contributed by atoms with Crippen molar-refractivity contribution in [3.63, 3.8) is 0 Å². The maximum Gasteiger partial charge on any atom is 0.485 e. The molecule has 3 aromatic carbocycles. The second-order valence-corrected chi connectivity index (χ2v) is 10.3. The summed E-state index contributed by atoms with van der Waals surface area (Å²) in [7, 11) is -1.16. The Morgan fingerprint density at radius 3 is 1.68 bits per heavy atom. The Bertz CT molecular complexity index is 1220. The van der Waals surface area contributed by atoms with Crippen molar-refractivity contribution in [3.05, 3.63) is 71.8 Å². The fraction of sp³-hybridized carbons (Fsp3) is 0.217. The molecule has 4 rings (SSSR count). The van der Waals surface area contributed by atoms with Crippen LogP contribution in [-0.4, -0.2) is 39.8 Å². The highest BCUT2D eigenvalue weighted by molar-refractivity contribution is 7.97. The maximum atomic E-state index is 10.7. The molecule has 3 aromatic rings. The van der Waals surface area contributed by atoms with E-state index in [2.05, 4.69) is 36.4 Å². The number of para-hydroxylation sites is 1. The second-order valence-electron chi connectivity index (χ2n) is 6.98. The van der Waals surface area contributed by atoms with Gasteiger partial charge in [0.25, 0.3) is 0 Å². The minimum atomic E-state index is -6.09. The summed E-state index contributed by atoms with van der Waals surface area (Å²) in [5, 5.41) is 0. The van der Waals surface area contributed by atoms with Crippen LogP contribution in [0.2, 0.25) is 0 Å². The summed E-state index contributed by atoms with van der Waals surface area (Å²) >= 11 is 0. The monoisotopic (exact) mass is 514 g/mol. The third-order valence-electron chi connectivity index (χ3n) is 4.93. The number of ether oxygens (including phenoxy) is 3. The van der Waals surface area contributed by atoms with E-state index in [9.17, 15) is 13.2 Å². The molecule has 0 saturated carbocycles. The van der Waals surface area contributed by atoms with Crippen molar-refractivity contribution in [2.45, 2.75) is 26.6 Å². The van der Waals surface area contributed by atoms with Crippen molar-refractivity contribution in [2.24, 2.45) is 0 Å². The number of benzene rings is 3. The first-order valence-electron chi connectivity index (χ1n) is 9.73. The molecule has 0 bridgehead atoms. The van der Waals surface area contributed by atoms with E-state index in [4.69, 9.17) is 27.2 Å². The van der Waals surface area contributed by atoms with Crippen molar-refractivity contribution in [2.75, 3.05) is 21.3 Å². The third kappa shape index (κ3) is 5.43. The topological polar surface area (TPSA) is 84.9 Å². The van der Waals surface area contributed by atoms with Crippen LogP contribution in [0, 0.1) is 0 Å². The molecular weight excluding hydrogens is 493 g/mol. The Labute approximate surface area is 198 Å². The summed E-state index contributed by atoms with van der Waals surface area (Å²) in [5.74, 6) is 2.69. The average Bonchev–Trinajstić information content (AvgIpc) is 2.80. The molecular formula is C23H21F3O6S2. The zero-order valence-electron chi connectivity index (χ0n) is 18.4. The minimum Gasteiger partial charge on any atom is -0.741 e. The van der Waals surface area contributed by atoms with Gasteiger partial charge in [-0.2, -0.15) is 13.2 Å². The Morgan fingerprint density at radius 2 is 1.26 bits per heavy atom. The highest BCUT2D eigenvalue weighted by atomic mass is 32.2. The molecule has 0 unspecified atom stereocenters. The number of methoxy groups -OCH3 is 3. The number of alkyl halides is 3. The van der Waals surface area contributed by atoms with Gasteiger partial charge in [0.1, 0.15) is 22.4 Å². The molecule has 1 aliphatic heterocycles. The minimum absolute atomic E-state index is 0.226. The molecule has 0 atom stereocenters. The summed E-state index contributed by atoms with van der Waals surface area (Å²) in [4.78, 5) is 3.86. The van der Waals surface area contributed by atoms with E-state index in [-0.39, 0.29) is 10.9 Å². The quantitative estimate of drug-likeness (QED) is 0.222. The van der Waals surface area contributed by atoms with E-state index in [1.807, 2.05) is 24.3 Å². The van der Waals surface area contributed by atoms with Crippen molar-refractivity contribution >= 4 is 21.0 Å². The van der Waals surface area contributed by atoms with Crippen LogP contribution in [0.25, 0.3) is 0 Å². The van der Waals surface area contributed by atoms with E-state index in [0.717, 1.165) is 23.7 Å². The normalized spacial score (nSPS) is 13.1. The number of rotatable bonds is 4. The van der Waals surface area contributed by atoms with Crippen LogP contribution < -0.4 is 14.2 Å². The standard InChI is InChI=1S/C22H21O3S.CHF3O3S/c1-23-17-8-10-20-15(13-17)12-16-14-18(24-2)9-11-21(16)26(20)22-7-5-4-6-19(22)25-3;2-1(3,4)8(5,6)7/h4-11,13-14H,12H2,1-3H3;(H,5,6,7)/q+1;/p-1. The zero-order valence-corrected chi connectivity index (χ0v) is 20.0. The van der Waals surface area contributed by atoms with E-state index >= 15 is 0 Å². The Hall–Kier alpha value is -2.89. The molecule has 6 nitrogen and oxygen atoms in total. The lowest BCUT2D eigenvalue weighted by molar-refractivity contribution is -0.0517. The fourth-order valence-corrected chi connectivity index (χ4v) is 5.86. The van der Waals surface area contributed by atoms with Crippen molar-refractivity contribution in [1.29, 1.82) is 0 Å². The van der Waals surface area contributed by atoms with E-state index in [0.29, 0.717) is 0 Å². The van der Waals surface area contributed by atoms with Crippen LogP contribution >= 0.6 is 0 Å². The summed E-state index contributed by atoms with van der Waals surface area (Å²) in [6.07, 6.45) is 0.873. The van der Waals surface area contributed by atoms with Crippen LogP contribution in [0.1, 0.15) is 11.1 Å². The fourth-order valence-electron chi connectivity index (χ4n) is 3.39. The summed E-state index contributed by atoms with van der Waals surface area (Å²) in [6.45, 7) is 0. The third-order valence-corrected chi connectivity index (χ3v) is 7.95. The number of fused-ring (bicyclic) bond motifs is 2. The van der Waals surface area contributed by atoms with E-state index < -0.39 is 15.6 Å². The smallest absolute Gasteiger partial charge is 0.485 e.